The van der Waals surface area contributed by atoms with E-state index in [2.05, 4.69) is 0 Å². The number of carbonyl (C=O) groups excluding carboxylic acids is 2. The standard InChI is InChI=1S/C22H24N4O2/c1-3-25(17-9-5-4-6-10-17)21(28)15-26-19-12-8-7-11-18(19)23-22(26)16-13-20(27)24(2)14-16/h4-12,16H,3,13-15H2,1-2H3. The van der Waals surface area contributed by atoms with Crippen LogP contribution in [0, 0.1) is 0 Å². The summed E-state index contributed by atoms with van der Waals surface area (Å²) in [6.07, 6.45) is 0.435. The maximum absolute atomic E-state index is 13.2. The van der Waals surface area contributed by atoms with Gasteiger partial charge in [-0.3, -0.25) is 9.59 Å². The Morgan fingerprint density at radius 3 is 2.54 bits per heavy atom. The van der Waals surface area contributed by atoms with Gasteiger partial charge in [0.05, 0.1) is 11.0 Å². The Hall–Kier alpha value is -3.15. The van der Waals surface area contributed by atoms with Gasteiger partial charge in [0, 0.05) is 38.2 Å². The monoisotopic (exact) mass is 376 g/mol. The van der Waals surface area contributed by atoms with E-state index >= 15 is 0 Å². The van der Waals surface area contributed by atoms with Crippen molar-refractivity contribution in [1.29, 1.82) is 0 Å². The van der Waals surface area contributed by atoms with Crippen molar-refractivity contribution in [2.45, 2.75) is 25.8 Å². The molecule has 6 heteroatoms. The van der Waals surface area contributed by atoms with Crippen LogP contribution in [-0.2, 0) is 16.1 Å². The van der Waals surface area contributed by atoms with Crippen LogP contribution in [0.4, 0.5) is 5.69 Å². The van der Waals surface area contributed by atoms with Crippen molar-refractivity contribution in [2.24, 2.45) is 0 Å². The highest BCUT2D eigenvalue weighted by atomic mass is 16.2. The van der Waals surface area contributed by atoms with Gasteiger partial charge in [-0.1, -0.05) is 30.3 Å². The number of para-hydroxylation sites is 3. The van der Waals surface area contributed by atoms with Gasteiger partial charge in [0.15, 0.2) is 0 Å². The molecule has 1 fully saturated rings. The first-order valence-corrected chi connectivity index (χ1v) is 9.63. The first kappa shape index (κ1) is 18.2. The van der Waals surface area contributed by atoms with Crippen molar-refractivity contribution in [3.05, 3.63) is 60.4 Å². The number of likely N-dealkylation sites (N-methyl/N-ethyl adjacent to an activating group) is 2. The molecule has 0 spiro atoms. The average molecular weight is 376 g/mol. The van der Waals surface area contributed by atoms with E-state index in [0.29, 0.717) is 19.5 Å². The number of fused-ring (bicyclic) bond motifs is 1. The highest BCUT2D eigenvalue weighted by molar-refractivity contribution is 5.94. The van der Waals surface area contributed by atoms with Crippen LogP contribution in [0.25, 0.3) is 11.0 Å². The quantitative estimate of drug-likeness (QED) is 0.688. The number of hydrogen-bond acceptors (Lipinski definition) is 3. The molecule has 0 aliphatic carbocycles. The highest BCUT2D eigenvalue weighted by Gasteiger charge is 2.32. The van der Waals surface area contributed by atoms with Crippen molar-refractivity contribution in [2.75, 3.05) is 25.0 Å². The number of aromatic nitrogens is 2. The van der Waals surface area contributed by atoms with Crippen LogP contribution in [0.15, 0.2) is 54.6 Å². The van der Waals surface area contributed by atoms with Crippen molar-refractivity contribution in [1.82, 2.24) is 14.5 Å². The molecule has 1 atom stereocenters. The van der Waals surface area contributed by atoms with Gasteiger partial charge in [-0.25, -0.2) is 4.98 Å². The number of anilines is 1. The summed E-state index contributed by atoms with van der Waals surface area (Å²) in [4.78, 5) is 33.5. The lowest BCUT2D eigenvalue weighted by Crippen LogP contribution is -2.34. The molecule has 2 heterocycles. The summed E-state index contributed by atoms with van der Waals surface area (Å²) in [7, 11) is 1.81. The van der Waals surface area contributed by atoms with Crippen LogP contribution in [0.3, 0.4) is 0 Å². The largest absolute Gasteiger partial charge is 0.345 e. The molecule has 4 rings (SSSR count). The van der Waals surface area contributed by atoms with Gasteiger partial charge in [-0.15, -0.1) is 0 Å². The summed E-state index contributed by atoms with van der Waals surface area (Å²) in [5, 5.41) is 0. The number of carbonyl (C=O) groups is 2. The van der Waals surface area contributed by atoms with Gasteiger partial charge in [0.1, 0.15) is 12.4 Å². The normalized spacial score (nSPS) is 16.7. The number of imidazole rings is 1. The van der Waals surface area contributed by atoms with E-state index in [4.69, 9.17) is 4.98 Å². The molecule has 0 saturated carbocycles. The third-order valence-electron chi connectivity index (χ3n) is 5.37. The predicted molar refractivity (Wildman–Crippen MR) is 109 cm³/mol. The molecule has 28 heavy (non-hydrogen) atoms. The zero-order chi connectivity index (χ0) is 19.7. The first-order valence-electron chi connectivity index (χ1n) is 9.63. The van der Waals surface area contributed by atoms with E-state index in [1.807, 2.05) is 73.1 Å². The zero-order valence-corrected chi connectivity index (χ0v) is 16.2. The first-order chi connectivity index (χ1) is 13.6. The number of benzene rings is 2. The molecule has 0 N–H and O–H groups in total. The van der Waals surface area contributed by atoms with Crippen LogP contribution in [-0.4, -0.2) is 46.4 Å². The number of amides is 2. The molecule has 2 amide bonds. The molecule has 1 aliphatic rings. The third kappa shape index (κ3) is 3.26. The van der Waals surface area contributed by atoms with Crippen LogP contribution in [0.1, 0.15) is 25.1 Å². The Labute approximate surface area is 164 Å². The Morgan fingerprint density at radius 2 is 1.86 bits per heavy atom. The predicted octanol–water partition coefficient (Wildman–Crippen LogP) is 3.04. The number of rotatable bonds is 5. The Balaban J connectivity index is 1.70. The van der Waals surface area contributed by atoms with Crippen molar-refractivity contribution in [3.8, 4) is 0 Å². The van der Waals surface area contributed by atoms with Crippen LogP contribution in [0.5, 0.6) is 0 Å². The number of hydrogen-bond donors (Lipinski definition) is 0. The van der Waals surface area contributed by atoms with Gasteiger partial charge in [0.25, 0.3) is 0 Å². The summed E-state index contributed by atoms with van der Waals surface area (Å²) >= 11 is 0. The summed E-state index contributed by atoms with van der Waals surface area (Å²) in [6.45, 7) is 3.40. The lowest BCUT2D eigenvalue weighted by atomic mass is 10.1. The molecule has 1 aromatic heterocycles. The minimum absolute atomic E-state index is 0.00417. The topological polar surface area (TPSA) is 58.4 Å². The van der Waals surface area contributed by atoms with Crippen LogP contribution < -0.4 is 4.90 Å². The molecule has 144 valence electrons. The third-order valence-corrected chi connectivity index (χ3v) is 5.37. The highest BCUT2D eigenvalue weighted by Crippen LogP contribution is 2.30. The summed E-state index contributed by atoms with van der Waals surface area (Å²) in [6, 6.07) is 17.5. The second-order valence-corrected chi connectivity index (χ2v) is 7.19. The van der Waals surface area contributed by atoms with Gasteiger partial charge in [0.2, 0.25) is 11.8 Å². The van der Waals surface area contributed by atoms with Crippen molar-refractivity contribution >= 4 is 28.5 Å². The van der Waals surface area contributed by atoms with Crippen LogP contribution in [0.2, 0.25) is 0 Å². The molecule has 0 bridgehead atoms. The maximum Gasteiger partial charge on any atom is 0.246 e. The van der Waals surface area contributed by atoms with Crippen molar-refractivity contribution < 1.29 is 9.59 Å². The smallest absolute Gasteiger partial charge is 0.246 e. The fourth-order valence-corrected chi connectivity index (χ4v) is 3.94. The van der Waals surface area contributed by atoms with E-state index < -0.39 is 0 Å². The average Bonchev–Trinajstić information content (AvgIpc) is 3.23. The van der Waals surface area contributed by atoms with E-state index in [1.165, 1.54) is 0 Å². The SMILES string of the molecule is CCN(C(=O)Cn1c(C2CC(=O)N(C)C2)nc2ccccc21)c1ccccc1. The van der Waals surface area contributed by atoms with Gasteiger partial charge < -0.3 is 14.4 Å². The molecule has 1 unspecified atom stereocenters. The Kier molecular flexibility index (Phi) is 4.86. The van der Waals surface area contributed by atoms with Crippen LogP contribution >= 0.6 is 0 Å². The second kappa shape index (κ2) is 7.46. The van der Waals surface area contributed by atoms with E-state index in [1.54, 1.807) is 9.80 Å². The number of likely N-dealkylation sites (tertiary alicyclic amines) is 1. The molecule has 1 aliphatic heterocycles. The molecular formula is C22H24N4O2. The molecule has 1 saturated heterocycles. The molecule has 6 nitrogen and oxygen atoms in total. The molecule has 3 aromatic rings. The van der Waals surface area contributed by atoms with E-state index in [0.717, 1.165) is 22.5 Å². The van der Waals surface area contributed by atoms with Gasteiger partial charge in [-0.05, 0) is 31.2 Å². The summed E-state index contributed by atoms with van der Waals surface area (Å²) < 4.78 is 1.99. The minimum atomic E-state index is 0.00417. The number of nitrogens with zero attached hydrogens (tertiary/aromatic N) is 4. The van der Waals surface area contributed by atoms with E-state index in [-0.39, 0.29) is 24.3 Å². The Bertz CT molecular complexity index is 1010. The maximum atomic E-state index is 13.2. The fraction of sp³-hybridized carbons (Fsp3) is 0.318. The zero-order valence-electron chi connectivity index (χ0n) is 16.2. The lowest BCUT2D eigenvalue weighted by molar-refractivity contribution is -0.126. The minimum Gasteiger partial charge on any atom is -0.345 e. The van der Waals surface area contributed by atoms with Gasteiger partial charge >= 0.3 is 0 Å². The lowest BCUT2D eigenvalue weighted by Gasteiger charge is -2.22. The van der Waals surface area contributed by atoms with Gasteiger partial charge in [-0.2, -0.15) is 0 Å². The molecule has 2 aromatic carbocycles. The van der Waals surface area contributed by atoms with Crippen molar-refractivity contribution in [3.63, 3.8) is 0 Å². The second-order valence-electron chi connectivity index (χ2n) is 7.19. The molecular weight excluding hydrogens is 352 g/mol. The summed E-state index contributed by atoms with van der Waals surface area (Å²) in [5.74, 6) is 0.950. The summed E-state index contributed by atoms with van der Waals surface area (Å²) in [5.41, 5.74) is 2.67. The molecule has 0 radical (unpaired) electrons. The van der Waals surface area contributed by atoms with E-state index in [9.17, 15) is 9.59 Å². The Morgan fingerprint density at radius 1 is 1.14 bits per heavy atom. The fourth-order valence-electron chi connectivity index (χ4n) is 3.94.